The summed E-state index contributed by atoms with van der Waals surface area (Å²) in [7, 11) is 0. The van der Waals surface area contributed by atoms with E-state index in [0.717, 1.165) is 12.2 Å². The van der Waals surface area contributed by atoms with Crippen molar-refractivity contribution in [3.8, 4) is 5.69 Å². The van der Waals surface area contributed by atoms with Crippen molar-refractivity contribution in [1.29, 1.82) is 0 Å². The molecular weight excluding hydrogens is 243 g/mol. The molecule has 5 heteroatoms. The van der Waals surface area contributed by atoms with Gasteiger partial charge in [0.25, 0.3) is 0 Å². The van der Waals surface area contributed by atoms with Crippen LogP contribution >= 0.6 is 0 Å². The van der Waals surface area contributed by atoms with Crippen LogP contribution in [0.4, 0.5) is 4.39 Å². The minimum absolute atomic E-state index is 0.229. The molecule has 2 aromatic rings. The van der Waals surface area contributed by atoms with Crippen molar-refractivity contribution >= 4 is 0 Å². The third kappa shape index (κ3) is 3.61. The van der Waals surface area contributed by atoms with Crippen LogP contribution in [0.5, 0.6) is 0 Å². The quantitative estimate of drug-likeness (QED) is 0.900. The molecule has 0 aliphatic rings. The standard InChI is InChI=1S/C14H19FN4/c1-10(2)7-16-8-12-9-19(18-17-12)13-5-4-11(3)14(15)6-13/h4-6,9-10,16H,7-8H2,1-3H3. The van der Waals surface area contributed by atoms with Gasteiger partial charge in [-0.25, -0.2) is 9.07 Å². The molecule has 1 aromatic carbocycles. The minimum Gasteiger partial charge on any atom is -0.311 e. The van der Waals surface area contributed by atoms with Crippen LogP contribution in [0.15, 0.2) is 24.4 Å². The van der Waals surface area contributed by atoms with Gasteiger partial charge in [0, 0.05) is 6.54 Å². The van der Waals surface area contributed by atoms with Crippen molar-refractivity contribution in [3.63, 3.8) is 0 Å². The highest BCUT2D eigenvalue weighted by molar-refractivity contribution is 5.34. The molecular formula is C14H19FN4. The van der Waals surface area contributed by atoms with Crippen molar-refractivity contribution in [2.75, 3.05) is 6.54 Å². The van der Waals surface area contributed by atoms with E-state index in [1.54, 1.807) is 17.7 Å². The van der Waals surface area contributed by atoms with Gasteiger partial charge in [-0.15, -0.1) is 5.10 Å². The number of hydrogen-bond acceptors (Lipinski definition) is 3. The molecule has 0 radical (unpaired) electrons. The van der Waals surface area contributed by atoms with E-state index < -0.39 is 0 Å². The lowest BCUT2D eigenvalue weighted by Crippen LogP contribution is -2.19. The third-order valence-electron chi connectivity index (χ3n) is 2.82. The van der Waals surface area contributed by atoms with Gasteiger partial charge < -0.3 is 5.32 Å². The molecule has 0 atom stereocenters. The molecule has 0 unspecified atom stereocenters. The predicted molar refractivity (Wildman–Crippen MR) is 72.6 cm³/mol. The van der Waals surface area contributed by atoms with E-state index in [1.165, 1.54) is 6.07 Å². The number of hydrogen-bond donors (Lipinski definition) is 1. The van der Waals surface area contributed by atoms with Gasteiger partial charge in [0.2, 0.25) is 0 Å². The molecule has 0 aliphatic carbocycles. The summed E-state index contributed by atoms with van der Waals surface area (Å²) in [6.45, 7) is 7.65. The second-order valence-corrected chi connectivity index (χ2v) is 5.11. The Morgan fingerprint density at radius 1 is 1.37 bits per heavy atom. The summed E-state index contributed by atoms with van der Waals surface area (Å²) in [5.74, 6) is 0.369. The van der Waals surface area contributed by atoms with Gasteiger partial charge in [0.1, 0.15) is 5.82 Å². The first-order chi connectivity index (χ1) is 9.06. The highest BCUT2D eigenvalue weighted by atomic mass is 19.1. The minimum atomic E-state index is -0.229. The van der Waals surface area contributed by atoms with E-state index in [0.29, 0.717) is 23.7 Å². The van der Waals surface area contributed by atoms with Crippen LogP contribution in [0.2, 0.25) is 0 Å². The van der Waals surface area contributed by atoms with E-state index in [9.17, 15) is 4.39 Å². The van der Waals surface area contributed by atoms with Crippen LogP contribution in [0.1, 0.15) is 25.1 Å². The Morgan fingerprint density at radius 2 is 2.16 bits per heavy atom. The topological polar surface area (TPSA) is 42.7 Å². The van der Waals surface area contributed by atoms with Crippen LogP contribution in [0.25, 0.3) is 5.69 Å². The maximum absolute atomic E-state index is 13.5. The molecule has 102 valence electrons. The number of nitrogens with one attached hydrogen (secondary N) is 1. The molecule has 0 aliphatic heterocycles. The first kappa shape index (κ1) is 13.7. The monoisotopic (exact) mass is 262 g/mol. The molecule has 0 amide bonds. The largest absolute Gasteiger partial charge is 0.311 e. The van der Waals surface area contributed by atoms with E-state index in [2.05, 4.69) is 29.5 Å². The summed E-state index contributed by atoms with van der Waals surface area (Å²) in [6.07, 6.45) is 1.82. The van der Waals surface area contributed by atoms with Crippen molar-refractivity contribution in [2.24, 2.45) is 5.92 Å². The van der Waals surface area contributed by atoms with E-state index in [1.807, 2.05) is 12.3 Å². The molecule has 1 aromatic heterocycles. The molecule has 0 spiro atoms. The molecule has 0 saturated heterocycles. The van der Waals surface area contributed by atoms with Gasteiger partial charge in [-0.1, -0.05) is 25.1 Å². The van der Waals surface area contributed by atoms with E-state index >= 15 is 0 Å². The molecule has 0 bridgehead atoms. The fourth-order valence-electron chi connectivity index (χ4n) is 1.72. The Bertz CT molecular complexity index is 548. The fraction of sp³-hybridized carbons (Fsp3) is 0.429. The SMILES string of the molecule is Cc1ccc(-n2cc(CNCC(C)C)nn2)cc1F. The molecule has 4 nitrogen and oxygen atoms in total. The number of rotatable bonds is 5. The van der Waals surface area contributed by atoms with Gasteiger partial charge in [-0.3, -0.25) is 0 Å². The van der Waals surface area contributed by atoms with Gasteiger partial charge in [-0.2, -0.15) is 0 Å². The summed E-state index contributed by atoms with van der Waals surface area (Å²) in [4.78, 5) is 0. The van der Waals surface area contributed by atoms with Crippen molar-refractivity contribution in [3.05, 3.63) is 41.5 Å². The molecule has 0 saturated carbocycles. The smallest absolute Gasteiger partial charge is 0.128 e. The molecule has 0 fully saturated rings. The van der Waals surface area contributed by atoms with Gasteiger partial charge in [0.05, 0.1) is 17.6 Å². The first-order valence-electron chi connectivity index (χ1n) is 6.44. The average molecular weight is 262 g/mol. The van der Waals surface area contributed by atoms with Crippen molar-refractivity contribution < 1.29 is 4.39 Å². The van der Waals surface area contributed by atoms with Crippen LogP contribution in [-0.4, -0.2) is 21.5 Å². The van der Waals surface area contributed by atoms with Crippen LogP contribution in [-0.2, 0) is 6.54 Å². The van der Waals surface area contributed by atoms with Gasteiger partial charge >= 0.3 is 0 Å². The summed E-state index contributed by atoms with van der Waals surface area (Å²) >= 11 is 0. The number of nitrogens with zero attached hydrogens (tertiary/aromatic N) is 3. The Hall–Kier alpha value is -1.75. The molecule has 2 rings (SSSR count). The zero-order chi connectivity index (χ0) is 13.8. The van der Waals surface area contributed by atoms with E-state index in [4.69, 9.17) is 0 Å². The van der Waals surface area contributed by atoms with Crippen molar-refractivity contribution in [2.45, 2.75) is 27.3 Å². The summed E-state index contributed by atoms with van der Waals surface area (Å²) in [5, 5.41) is 11.4. The molecule has 19 heavy (non-hydrogen) atoms. The Morgan fingerprint density at radius 3 is 2.84 bits per heavy atom. The number of benzene rings is 1. The van der Waals surface area contributed by atoms with Gasteiger partial charge in [0.15, 0.2) is 0 Å². The Labute approximate surface area is 112 Å². The first-order valence-corrected chi connectivity index (χ1v) is 6.44. The Balaban J connectivity index is 2.05. The average Bonchev–Trinajstić information content (AvgIpc) is 2.81. The summed E-state index contributed by atoms with van der Waals surface area (Å²) in [6, 6.07) is 5.04. The highest BCUT2D eigenvalue weighted by Gasteiger charge is 2.05. The second kappa shape index (κ2) is 5.93. The molecule has 1 heterocycles. The maximum Gasteiger partial charge on any atom is 0.128 e. The maximum atomic E-state index is 13.5. The fourth-order valence-corrected chi connectivity index (χ4v) is 1.72. The lowest BCUT2D eigenvalue weighted by Gasteiger charge is -2.04. The number of aryl methyl sites for hydroxylation is 1. The summed E-state index contributed by atoms with van der Waals surface area (Å²) in [5.41, 5.74) is 2.16. The van der Waals surface area contributed by atoms with Crippen LogP contribution in [0, 0.1) is 18.7 Å². The number of halogens is 1. The Kier molecular flexibility index (Phi) is 4.27. The zero-order valence-corrected chi connectivity index (χ0v) is 11.5. The van der Waals surface area contributed by atoms with E-state index in [-0.39, 0.29) is 5.82 Å². The van der Waals surface area contributed by atoms with Gasteiger partial charge in [-0.05, 0) is 37.1 Å². The molecule has 1 N–H and O–H groups in total. The second-order valence-electron chi connectivity index (χ2n) is 5.11. The van der Waals surface area contributed by atoms with Crippen LogP contribution in [0.3, 0.4) is 0 Å². The predicted octanol–water partition coefficient (Wildman–Crippen LogP) is 2.46. The third-order valence-corrected chi connectivity index (χ3v) is 2.82. The summed E-state index contributed by atoms with van der Waals surface area (Å²) < 4.78 is 15.1. The van der Waals surface area contributed by atoms with Crippen molar-refractivity contribution in [1.82, 2.24) is 20.3 Å². The lowest BCUT2D eigenvalue weighted by atomic mass is 10.2. The zero-order valence-electron chi connectivity index (χ0n) is 11.5. The lowest BCUT2D eigenvalue weighted by molar-refractivity contribution is 0.548. The number of aromatic nitrogens is 3. The highest BCUT2D eigenvalue weighted by Crippen LogP contribution is 2.12. The normalized spacial score (nSPS) is 11.2. The van der Waals surface area contributed by atoms with Crippen LogP contribution < -0.4 is 5.32 Å².